The molecule has 0 heterocycles. The van der Waals surface area contributed by atoms with Crippen molar-refractivity contribution in [3.05, 3.63) is 67.8 Å². The quantitative estimate of drug-likeness (QED) is 0.307. The Bertz CT molecular complexity index is 610. The highest BCUT2D eigenvalue weighted by atomic mass is 127. The lowest BCUT2D eigenvalue weighted by Gasteiger charge is -2.08. The Morgan fingerprint density at radius 2 is 1.09 bits per heavy atom. The van der Waals surface area contributed by atoms with Gasteiger partial charge in [0.05, 0.1) is 0 Å². The first-order chi connectivity index (χ1) is 9.70. The van der Waals surface area contributed by atoms with E-state index in [1.54, 1.807) is 0 Å². The van der Waals surface area contributed by atoms with Gasteiger partial charge in [-0.05, 0) is 24.3 Å². The summed E-state index contributed by atoms with van der Waals surface area (Å²) in [5.41, 5.74) is -5.65. The van der Waals surface area contributed by atoms with E-state index in [2.05, 4.69) is 60.7 Å². The summed E-state index contributed by atoms with van der Waals surface area (Å²) < 4.78 is 61.9. The zero-order valence-electron chi connectivity index (χ0n) is 10.8. The molecule has 0 saturated heterocycles. The predicted molar refractivity (Wildman–Crippen MR) is 81.4 cm³/mol. The minimum absolute atomic E-state index is 0. The molecule has 0 unspecified atom stereocenters. The standard InChI is InChI=1S/C12H10I.CHF3O3S.HI/c1-3-7-11(8-4-1)13-12-9-5-2-6-10-12;2-1(3,4)8(5,6)7;/h1-10H;(H,5,6,7);1H/q+1;;/p-1. The van der Waals surface area contributed by atoms with Gasteiger partial charge in [0.25, 0.3) is 0 Å². The summed E-state index contributed by atoms with van der Waals surface area (Å²) in [6, 6.07) is 21.4. The summed E-state index contributed by atoms with van der Waals surface area (Å²) in [6.07, 6.45) is 0. The van der Waals surface area contributed by atoms with E-state index in [4.69, 9.17) is 13.0 Å². The Morgan fingerprint density at radius 3 is 1.32 bits per heavy atom. The summed E-state index contributed by atoms with van der Waals surface area (Å²) in [6.45, 7) is 0. The highest BCUT2D eigenvalue weighted by Gasteiger charge is 2.36. The van der Waals surface area contributed by atoms with Crippen molar-refractivity contribution in [2.45, 2.75) is 5.51 Å². The molecular formula is C13H11F3I2O3S. The Kier molecular flexibility index (Phi) is 9.50. The van der Waals surface area contributed by atoms with Gasteiger partial charge in [0.2, 0.25) is 0 Å². The SMILES string of the molecule is I.O=S(=O)([O-])C(F)(F)F.c1ccc([I+]c2ccccc2)cc1. The molecule has 0 saturated carbocycles. The minimum Gasteiger partial charge on any atom is -0.741 e. The smallest absolute Gasteiger partial charge is 0.485 e. The Balaban J connectivity index is 0.000000432. The normalized spacial score (nSPS) is 10.9. The molecule has 0 fully saturated rings. The van der Waals surface area contributed by atoms with Gasteiger partial charge in [-0.3, -0.25) is 0 Å². The fourth-order valence-corrected chi connectivity index (χ4v) is 3.35. The molecule has 3 nitrogen and oxygen atoms in total. The van der Waals surface area contributed by atoms with Crippen molar-refractivity contribution in [1.29, 1.82) is 0 Å². The van der Waals surface area contributed by atoms with E-state index in [0.29, 0.717) is 0 Å². The summed E-state index contributed by atoms with van der Waals surface area (Å²) >= 11 is 0.0287. The lowest BCUT2D eigenvalue weighted by molar-refractivity contribution is -0.597. The summed E-state index contributed by atoms with van der Waals surface area (Å²) in [4.78, 5) is 0. The fourth-order valence-electron chi connectivity index (χ4n) is 1.08. The van der Waals surface area contributed by atoms with Gasteiger partial charge in [0.1, 0.15) is 0 Å². The van der Waals surface area contributed by atoms with E-state index in [1.165, 1.54) is 7.14 Å². The third-order valence-corrected chi connectivity index (χ3v) is 5.22. The Morgan fingerprint density at radius 1 is 0.818 bits per heavy atom. The molecular weight excluding hydrogens is 547 g/mol. The largest absolute Gasteiger partial charge is 0.741 e. The first-order valence-corrected chi connectivity index (χ1v) is 9.04. The molecule has 0 aliphatic rings. The molecule has 0 aromatic heterocycles. The van der Waals surface area contributed by atoms with Crippen LogP contribution in [0, 0.1) is 7.14 Å². The van der Waals surface area contributed by atoms with Crippen molar-refractivity contribution in [2.24, 2.45) is 0 Å². The van der Waals surface area contributed by atoms with Crippen LogP contribution in [0.4, 0.5) is 13.2 Å². The van der Waals surface area contributed by atoms with E-state index in [0.717, 1.165) is 0 Å². The van der Waals surface area contributed by atoms with Gasteiger partial charge in [-0.2, -0.15) is 13.2 Å². The minimum atomic E-state index is -6.09. The third-order valence-electron chi connectivity index (χ3n) is 1.97. The zero-order valence-corrected chi connectivity index (χ0v) is 16.1. The van der Waals surface area contributed by atoms with Gasteiger partial charge in [-0.15, -0.1) is 24.0 Å². The average Bonchev–Trinajstić information content (AvgIpc) is 2.39. The maximum Gasteiger partial charge on any atom is 0.485 e. The van der Waals surface area contributed by atoms with Crippen LogP contribution in [-0.2, 0) is 10.1 Å². The number of hydrogen-bond donors (Lipinski definition) is 0. The van der Waals surface area contributed by atoms with Gasteiger partial charge < -0.3 is 4.55 Å². The third kappa shape index (κ3) is 8.29. The number of benzene rings is 2. The molecule has 0 bridgehead atoms. The molecule has 9 heteroatoms. The molecule has 22 heavy (non-hydrogen) atoms. The van der Waals surface area contributed by atoms with Crippen LogP contribution in [0.3, 0.4) is 0 Å². The van der Waals surface area contributed by atoms with Crippen molar-refractivity contribution < 1.29 is 47.3 Å². The molecule has 0 amide bonds. The predicted octanol–water partition coefficient (Wildman–Crippen LogP) is 0.484. The molecule has 122 valence electrons. The van der Waals surface area contributed by atoms with Gasteiger partial charge >= 0.3 is 26.7 Å². The van der Waals surface area contributed by atoms with Crippen molar-refractivity contribution in [2.75, 3.05) is 0 Å². The van der Waals surface area contributed by atoms with Crippen LogP contribution in [0.25, 0.3) is 0 Å². The van der Waals surface area contributed by atoms with E-state index in [9.17, 15) is 13.2 Å². The first kappa shape index (κ1) is 21.6. The highest BCUT2D eigenvalue weighted by molar-refractivity contribution is 14.0. The van der Waals surface area contributed by atoms with Crippen LogP contribution in [0.15, 0.2) is 60.7 Å². The van der Waals surface area contributed by atoms with Crippen molar-refractivity contribution >= 4 is 34.1 Å². The van der Waals surface area contributed by atoms with Crippen LogP contribution in [0.5, 0.6) is 0 Å². The van der Waals surface area contributed by atoms with Gasteiger partial charge in [-0.25, -0.2) is 8.42 Å². The first-order valence-electron chi connectivity index (χ1n) is 5.47. The number of hydrogen-bond acceptors (Lipinski definition) is 3. The highest BCUT2D eigenvalue weighted by Crippen LogP contribution is 2.20. The summed E-state index contributed by atoms with van der Waals surface area (Å²) in [7, 11) is -6.09. The van der Waals surface area contributed by atoms with E-state index >= 15 is 0 Å². The number of halogens is 5. The molecule has 0 aliphatic heterocycles. The molecule has 2 rings (SSSR count). The van der Waals surface area contributed by atoms with Crippen LogP contribution < -0.4 is 21.2 Å². The van der Waals surface area contributed by atoms with Crippen LogP contribution in [0.2, 0.25) is 0 Å². The van der Waals surface area contributed by atoms with Crippen LogP contribution in [0.1, 0.15) is 0 Å². The Hall–Kier alpha value is -0.400. The second-order valence-electron chi connectivity index (χ2n) is 3.59. The maximum atomic E-state index is 10.7. The van der Waals surface area contributed by atoms with Crippen molar-refractivity contribution in [1.82, 2.24) is 0 Å². The lowest BCUT2D eigenvalue weighted by Crippen LogP contribution is -3.61. The second kappa shape index (κ2) is 9.67. The molecule has 2 aromatic carbocycles. The zero-order chi connectivity index (χ0) is 15.9. The molecule has 0 atom stereocenters. The van der Waals surface area contributed by atoms with E-state index in [-0.39, 0.29) is 45.2 Å². The van der Waals surface area contributed by atoms with E-state index in [1.807, 2.05) is 0 Å². The van der Waals surface area contributed by atoms with Crippen LogP contribution >= 0.6 is 24.0 Å². The van der Waals surface area contributed by atoms with Crippen molar-refractivity contribution in [3.63, 3.8) is 0 Å². The monoisotopic (exact) mass is 558 g/mol. The number of rotatable bonds is 2. The average molecular weight is 558 g/mol. The van der Waals surface area contributed by atoms with Crippen LogP contribution in [-0.4, -0.2) is 18.5 Å². The molecule has 0 aliphatic carbocycles. The molecule has 0 spiro atoms. The van der Waals surface area contributed by atoms with Gasteiger partial charge in [-0.1, -0.05) is 36.4 Å². The molecule has 0 radical (unpaired) electrons. The summed E-state index contributed by atoms with van der Waals surface area (Å²) in [5, 5.41) is 0. The van der Waals surface area contributed by atoms with E-state index < -0.39 is 15.6 Å². The van der Waals surface area contributed by atoms with Crippen molar-refractivity contribution in [3.8, 4) is 0 Å². The lowest BCUT2D eigenvalue weighted by atomic mass is 10.4. The maximum absolute atomic E-state index is 10.7. The fraction of sp³-hybridized carbons (Fsp3) is 0.0769. The number of alkyl halides is 3. The topological polar surface area (TPSA) is 57.2 Å². The molecule has 2 aromatic rings. The van der Waals surface area contributed by atoms with Gasteiger partial charge in [0, 0.05) is 0 Å². The second-order valence-corrected chi connectivity index (χ2v) is 7.99. The summed E-state index contributed by atoms with van der Waals surface area (Å²) in [5.74, 6) is 0. The molecule has 0 N–H and O–H groups in total. The Labute approximate surface area is 154 Å². The van der Waals surface area contributed by atoms with Gasteiger partial charge in [0.15, 0.2) is 17.3 Å².